The third-order valence-corrected chi connectivity index (χ3v) is 3.79. The van der Waals surface area contributed by atoms with E-state index in [4.69, 9.17) is 16.3 Å². The molecule has 0 aliphatic carbocycles. The van der Waals surface area contributed by atoms with Gasteiger partial charge < -0.3 is 9.30 Å². The van der Waals surface area contributed by atoms with E-state index in [2.05, 4.69) is 14.5 Å². The number of fused-ring (bicyclic) bond motifs is 1. The summed E-state index contributed by atoms with van der Waals surface area (Å²) in [6, 6.07) is 3.93. The molecular weight excluding hydrogens is 262 g/mol. The van der Waals surface area contributed by atoms with Crippen LogP contribution in [0.15, 0.2) is 18.3 Å². The van der Waals surface area contributed by atoms with E-state index in [-0.39, 0.29) is 0 Å². The molecule has 2 aromatic rings. The molecule has 5 heteroatoms. The summed E-state index contributed by atoms with van der Waals surface area (Å²) in [5, 5.41) is 0. The highest BCUT2D eigenvalue weighted by Gasteiger charge is 2.18. The van der Waals surface area contributed by atoms with Crippen LogP contribution in [0.3, 0.4) is 0 Å². The van der Waals surface area contributed by atoms with Gasteiger partial charge in [-0.25, -0.2) is 9.97 Å². The van der Waals surface area contributed by atoms with Gasteiger partial charge in [0.15, 0.2) is 5.65 Å². The van der Waals surface area contributed by atoms with Crippen molar-refractivity contribution in [1.82, 2.24) is 14.5 Å². The van der Waals surface area contributed by atoms with Crippen LogP contribution in [0.25, 0.3) is 11.2 Å². The molecule has 19 heavy (non-hydrogen) atoms. The van der Waals surface area contributed by atoms with Gasteiger partial charge in [0.05, 0.1) is 6.61 Å². The van der Waals surface area contributed by atoms with Crippen LogP contribution < -0.4 is 0 Å². The van der Waals surface area contributed by atoms with Gasteiger partial charge in [-0.3, -0.25) is 0 Å². The van der Waals surface area contributed by atoms with Gasteiger partial charge in [0.25, 0.3) is 0 Å². The van der Waals surface area contributed by atoms with Crippen molar-refractivity contribution < 1.29 is 4.74 Å². The summed E-state index contributed by atoms with van der Waals surface area (Å²) in [6.07, 6.45) is 4.97. The molecule has 1 atom stereocenters. The third kappa shape index (κ3) is 2.74. The number of nitrogens with zero attached hydrogens (tertiary/aromatic N) is 3. The molecule has 0 spiro atoms. The largest absolute Gasteiger partial charge is 0.381 e. The van der Waals surface area contributed by atoms with Crippen molar-refractivity contribution in [3.63, 3.8) is 0 Å². The molecule has 1 aliphatic rings. The molecule has 102 valence electrons. The molecular formula is C14H18ClN3O. The first-order chi connectivity index (χ1) is 9.38. The smallest absolute Gasteiger partial charge is 0.159 e. The predicted molar refractivity (Wildman–Crippen MR) is 75.5 cm³/mol. The number of alkyl halides is 1. The predicted octanol–water partition coefficient (Wildman–Crippen LogP) is 2.64. The van der Waals surface area contributed by atoms with Crippen LogP contribution in [0.4, 0.5) is 0 Å². The van der Waals surface area contributed by atoms with Crippen LogP contribution in [0.2, 0.25) is 0 Å². The maximum atomic E-state index is 5.88. The van der Waals surface area contributed by atoms with Gasteiger partial charge in [-0.2, -0.15) is 0 Å². The Hall–Kier alpha value is -1.13. The zero-order valence-electron chi connectivity index (χ0n) is 10.9. The van der Waals surface area contributed by atoms with Gasteiger partial charge >= 0.3 is 0 Å². The number of hydrogen-bond donors (Lipinski definition) is 0. The molecule has 1 aliphatic heterocycles. The molecule has 0 N–H and O–H groups in total. The Kier molecular flexibility index (Phi) is 3.99. The van der Waals surface area contributed by atoms with E-state index in [0.717, 1.165) is 49.6 Å². The number of aromatic nitrogens is 3. The number of halogens is 1. The first kappa shape index (κ1) is 12.9. The standard InChI is InChI=1S/C14H18ClN3O/c15-6-5-13-17-12-4-1-7-16-14(12)18(13)9-11-3-2-8-19-10-11/h1,4,7,11H,2-3,5-6,8-10H2. The van der Waals surface area contributed by atoms with E-state index >= 15 is 0 Å². The van der Waals surface area contributed by atoms with Crippen molar-refractivity contribution in [1.29, 1.82) is 0 Å². The molecule has 1 unspecified atom stereocenters. The highest BCUT2D eigenvalue weighted by Crippen LogP contribution is 2.21. The number of ether oxygens (including phenoxy) is 1. The van der Waals surface area contributed by atoms with E-state index in [1.807, 2.05) is 18.3 Å². The molecule has 0 aromatic carbocycles. The monoisotopic (exact) mass is 279 g/mol. The van der Waals surface area contributed by atoms with Crippen LogP contribution in [0.1, 0.15) is 18.7 Å². The van der Waals surface area contributed by atoms with E-state index in [0.29, 0.717) is 11.8 Å². The summed E-state index contributed by atoms with van der Waals surface area (Å²) >= 11 is 5.88. The number of imidazole rings is 1. The Labute approximate surface area is 117 Å². The minimum atomic E-state index is 0.558. The fraction of sp³-hybridized carbons (Fsp3) is 0.571. The summed E-state index contributed by atoms with van der Waals surface area (Å²) in [5.74, 6) is 2.18. The summed E-state index contributed by atoms with van der Waals surface area (Å²) in [5.41, 5.74) is 1.92. The van der Waals surface area contributed by atoms with Crippen LogP contribution in [0.5, 0.6) is 0 Å². The van der Waals surface area contributed by atoms with Crippen LogP contribution >= 0.6 is 11.6 Å². The van der Waals surface area contributed by atoms with Gasteiger partial charge in [0, 0.05) is 37.6 Å². The van der Waals surface area contributed by atoms with Crippen LogP contribution in [-0.2, 0) is 17.7 Å². The topological polar surface area (TPSA) is 39.9 Å². The van der Waals surface area contributed by atoms with Crippen molar-refractivity contribution in [2.45, 2.75) is 25.8 Å². The van der Waals surface area contributed by atoms with Crippen molar-refractivity contribution in [2.24, 2.45) is 5.92 Å². The lowest BCUT2D eigenvalue weighted by molar-refractivity contribution is 0.0484. The van der Waals surface area contributed by atoms with E-state index in [1.54, 1.807) is 0 Å². The maximum absolute atomic E-state index is 5.88. The number of pyridine rings is 1. The Morgan fingerprint density at radius 3 is 3.21 bits per heavy atom. The Morgan fingerprint density at radius 2 is 2.42 bits per heavy atom. The molecule has 0 bridgehead atoms. The van der Waals surface area contributed by atoms with E-state index < -0.39 is 0 Å². The quantitative estimate of drug-likeness (QED) is 0.808. The number of rotatable bonds is 4. The Bertz CT molecular complexity index is 549. The molecule has 1 saturated heterocycles. The zero-order chi connectivity index (χ0) is 13.1. The van der Waals surface area contributed by atoms with Gasteiger partial charge in [-0.05, 0) is 25.0 Å². The molecule has 4 nitrogen and oxygen atoms in total. The summed E-state index contributed by atoms with van der Waals surface area (Å²) in [6.45, 7) is 2.67. The fourth-order valence-corrected chi connectivity index (χ4v) is 2.85. The zero-order valence-corrected chi connectivity index (χ0v) is 11.6. The highest BCUT2D eigenvalue weighted by molar-refractivity contribution is 6.17. The lowest BCUT2D eigenvalue weighted by Gasteiger charge is -2.23. The van der Waals surface area contributed by atoms with Crippen molar-refractivity contribution in [2.75, 3.05) is 19.1 Å². The average molecular weight is 280 g/mol. The second-order valence-electron chi connectivity index (χ2n) is 5.01. The Morgan fingerprint density at radius 1 is 1.47 bits per heavy atom. The third-order valence-electron chi connectivity index (χ3n) is 3.60. The first-order valence-electron chi connectivity index (χ1n) is 6.82. The van der Waals surface area contributed by atoms with Crippen molar-refractivity contribution in [3.8, 4) is 0 Å². The molecule has 1 fully saturated rings. The molecule has 0 saturated carbocycles. The SMILES string of the molecule is ClCCc1nc2cccnc2n1CC1CCCOC1. The summed E-state index contributed by atoms with van der Waals surface area (Å²) in [4.78, 5) is 9.11. The van der Waals surface area contributed by atoms with Crippen molar-refractivity contribution in [3.05, 3.63) is 24.2 Å². The molecule has 0 radical (unpaired) electrons. The highest BCUT2D eigenvalue weighted by atomic mass is 35.5. The number of hydrogen-bond acceptors (Lipinski definition) is 3. The molecule has 0 amide bonds. The molecule has 2 aromatic heterocycles. The molecule has 3 heterocycles. The fourth-order valence-electron chi connectivity index (χ4n) is 2.68. The minimum absolute atomic E-state index is 0.558. The van der Waals surface area contributed by atoms with Gasteiger partial charge in [-0.15, -0.1) is 11.6 Å². The average Bonchev–Trinajstić information content (AvgIpc) is 2.79. The minimum Gasteiger partial charge on any atom is -0.381 e. The van der Waals surface area contributed by atoms with Gasteiger partial charge in [0.2, 0.25) is 0 Å². The number of aryl methyl sites for hydroxylation is 1. The lowest BCUT2D eigenvalue weighted by Crippen LogP contribution is -2.23. The molecule has 3 rings (SSSR count). The Balaban J connectivity index is 1.92. The lowest BCUT2D eigenvalue weighted by atomic mass is 10.0. The van der Waals surface area contributed by atoms with Crippen LogP contribution in [0, 0.1) is 5.92 Å². The summed E-state index contributed by atoms with van der Waals surface area (Å²) in [7, 11) is 0. The maximum Gasteiger partial charge on any atom is 0.159 e. The second-order valence-corrected chi connectivity index (χ2v) is 5.38. The second kappa shape index (κ2) is 5.88. The van der Waals surface area contributed by atoms with Crippen LogP contribution in [-0.4, -0.2) is 33.6 Å². The van der Waals surface area contributed by atoms with Crippen molar-refractivity contribution >= 4 is 22.8 Å². The van der Waals surface area contributed by atoms with Gasteiger partial charge in [0.1, 0.15) is 11.3 Å². The van der Waals surface area contributed by atoms with E-state index in [1.165, 1.54) is 6.42 Å². The van der Waals surface area contributed by atoms with Gasteiger partial charge in [-0.1, -0.05) is 0 Å². The first-order valence-corrected chi connectivity index (χ1v) is 7.36. The van der Waals surface area contributed by atoms with E-state index in [9.17, 15) is 0 Å². The summed E-state index contributed by atoms with van der Waals surface area (Å²) < 4.78 is 7.78. The normalized spacial score (nSPS) is 19.9.